The van der Waals surface area contributed by atoms with Gasteiger partial charge in [0, 0.05) is 5.02 Å². The lowest BCUT2D eigenvalue weighted by molar-refractivity contribution is -0.129. The van der Waals surface area contributed by atoms with Crippen molar-refractivity contribution >= 4 is 23.5 Å². The minimum absolute atomic E-state index is 0.241. The van der Waals surface area contributed by atoms with Gasteiger partial charge in [0.1, 0.15) is 5.76 Å². The molecule has 0 bridgehead atoms. The first-order valence-corrected chi connectivity index (χ1v) is 6.70. The molecule has 1 aromatic carbocycles. The van der Waals surface area contributed by atoms with Gasteiger partial charge in [0.05, 0.1) is 18.4 Å². The van der Waals surface area contributed by atoms with Crippen LogP contribution in [0.15, 0.2) is 47.1 Å². The van der Waals surface area contributed by atoms with Crippen molar-refractivity contribution in [3.8, 4) is 0 Å². The van der Waals surface area contributed by atoms with Crippen LogP contribution >= 0.6 is 11.6 Å². The van der Waals surface area contributed by atoms with Gasteiger partial charge in [0.2, 0.25) is 0 Å². The normalized spacial score (nSPS) is 11.7. The number of rotatable bonds is 5. The quantitative estimate of drug-likeness (QED) is 0.862. The van der Waals surface area contributed by atoms with Crippen LogP contribution in [-0.2, 0) is 16.1 Å². The van der Waals surface area contributed by atoms with Gasteiger partial charge in [0.25, 0.3) is 5.91 Å². The fraction of sp³-hybridized carbons (Fsp3) is 0.200. The average Bonchev–Trinajstić information content (AvgIpc) is 2.97. The summed E-state index contributed by atoms with van der Waals surface area (Å²) in [7, 11) is 0. The third-order valence-corrected chi connectivity index (χ3v) is 2.97. The first-order chi connectivity index (χ1) is 10.1. The fourth-order valence-electron chi connectivity index (χ4n) is 1.63. The number of benzene rings is 1. The maximum absolute atomic E-state index is 11.9. The number of hydrogen-bond acceptors (Lipinski definition) is 4. The number of esters is 1. The predicted molar refractivity (Wildman–Crippen MR) is 76.9 cm³/mol. The highest BCUT2D eigenvalue weighted by molar-refractivity contribution is 6.30. The van der Waals surface area contributed by atoms with E-state index >= 15 is 0 Å². The van der Waals surface area contributed by atoms with Crippen LogP contribution in [0.25, 0.3) is 0 Å². The van der Waals surface area contributed by atoms with Crippen molar-refractivity contribution in [3.63, 3.8) is 0 Å². The summed E-state index contributed by atoms with van der Waals surface area (Å²) in [6, 6.07) is 9.81. The van der Waals surface area contributed by atoms with Gasteiger partial charge < -0.3 is 14.5 Å². The minimum Gasteiger partial charge on any atom is -0.467 e. The molecule has 0 aliphatic heterocycles. The molecule has 6 heteroatoms. The Morgan fingerprint density at radius 3 is 2.81 bits per heavy atom. The van der Waals surface area contributed by atoms with Crippen LogP contribution in [0.3, 0.4) is 0 Å². The summed E-state index contributed by atoms with van der Waals surface area (Å²) in [5, 5.41) is 3.05. The van der Waals surface area contributed by atoms with Gasteiger partial charge in [-0.15, -0.1) is 0 Å². The molecular formula is C15H14ClNO4. The Labute approximate surface area is 126 Å². The number of carbonyl (C=O) groups excluding carboxylic acids is 2. The number of hydrogen-bond donors (Lipinski definition) is 1. The Morgan fingerprint density at radius 1 is 1.33 bits per heavy atom. The van der Waals surface area contributed by atoms with Crippen LogP contribution in [0, 0.1) is 0 Å². The van der Waals surface area contributed by atoms with Gasteiger partial charge in [-0.25, -0.2) is 4.79 Å². The molecule has 0 saturated carbocycles. The van der Waals surface area contributed by atoms with Gasteiger partial charge in [-0.2, -0.15) is 0 Å². The molecule has 1 aromatic heterocycles. The molecule has 2 rings (SSSR count). The van der Waals surface area contributed by atoms with Crippen molar-refractivity contribution < 1.29 is 18.7 Å². The summed E-state index contributed by atoms with van der Waals surface area (Å²) in [4.78, 5) is 23.7. The Morgan fingerprint density at radius 2 is 2.14 bits per heavy atom. The second-order valence-electron chi connectivity index (χ2n) is 4.36. The van der Waals surface area contributed by atoms with E-state index in [2.05, 4.69) is 5.32 Å². The molecule has 0 saturated heterocycles. The van der Waals surface area contributed by atoms with Crippen molar-refractivity contribution in [1.29, 1.82) is 0 Å². The van der Waals surface area contributed by atoms with Crippen LogP contribution < -0.4 is 5.32 Å². The standard InChI is InChI=1S/C15H14ClNO4/c1-10(14(18)17-9-13-6-3-7-20-13)21-15(19)11-4-2-5-12(16)8-11/h2-8,10H,9H2,1H3,(H,17,18)/t10-/m1/s1. The summed E-state index contributed by atoms with van der Waals surface area (Å²) in [5.74, 6) is -0.378. The number of carbonyl (C=O) groups is 2. The third-order valence-electron chi connectivity index (χ3n) is 2.73. The zero-order valence-electron chi connectivity index (χ0n) is 11.3. The maximum atomic E-state index is 11.9. The molecule has 0 aliphatic rings. The van der Waals surface area contributed by atoms with E-state index < -0.39 is 18.0 Å². The summed E-state index contributed by atoms with van der Waals surface area (Å²) >= 11 is 5.80. The number of nitrogens with one attached hydrogen (secondary N) is 1. The molecule has 1 N–H and O–H groups in total. The number of furan rings is 1. The van der Waals surface area contributed by atoms with Crippen molar-refractivity contribution in [1.82, 2.24) is 5.32 Å². The van der Waals surface area contributed by atoms with Gasteiger partial charge in [-0.3, -0.25) is 4.79 Å². The Bertz CT molecular complexity index is 624. The highest BCUT2D eigenvalue weighted by Crippen LogP contribution is 2.12. The lowest BCUT2D eigenvalue weighted by atomic mass is 10.2. The Hall–Kier alpha value is -2.27. The van der Waals surface area contributed by atoms with E-state index in [1.165, 1.54) is 19.3 Å². The van der Waals surface area contributed by atoms with E-state index in [1.54, 1.807) is 30.3 Å². The van der Waals surface area contributed by atoms with Gasteiger partial charge in [-0.1, -0.05) is 17.7 Å². The highest BCUT2D eigenvalue weighted by Gasteiger charge is 2.19. The highest BCUT2D eigenvalue weighted by atomic mass is 35.5. The summed E-state index contributed by atoms with van der Waals surface area (Å²) in [6.07, 6.45) is 0.607. The lowest BCUT2D eigenvalue weighted by Gasteiger charge is -2.13. The Balaban J connectivity index is 1.86. The van der Waals surface area contributed by atoms with Crippen LogP contribution in [0.1, 0.15) is 23.0 Å². The number of halogens is 1. The van der Waals surface area contributed by atoms with E-state index in [0.717, 1.165) is 0 Å². The molecule has 0 aliphatic carbocycles. The summed E-state index contributed by atoms with van der Waals surface area (Å²) in [5.41, 5.74) is 0.299. The molecule has 0 radical (unpaired) electrons. The van der Waals surface area contributed by atoms with Crippen molar-refractivity contribution in [2.24, 2.45) is 0 Å². The van der Waals surface area contributed by atoms with Crippen LogP contribution in [0.5, 0.6) is 0 Å². The molecule has 1 atom stereocenters. The molecule has 2 aromatic rings. The van der Waals surface area contributed by atoms with E-state index in [0.29, 0.717) is 16.3 Å². The molecule has 21 heavy (non-hydrogen) atoms. The van der Waals surface area contributed by atoms with Crippen molar-refractivity contribution in [2.45, 2.75) is 19.6 Å². The molecule has 5 nitrogen and oxygen atoms in total. The monoisotopic (exact) mass is 307 g/mol. The van der Waals surface area contributed by atoms with Crippen molar-refractivity contribution in [2.75, 3.05) is 0 Å². The Kier molecular flexibility index (Phi) is 5.00. The second kappa shape index (κ2) is 6.95. The molecule has 0 unspecified atom stereocenters. The fourth-order valence-corrected chi connectivity index (χ4v) is 1.82. The molecule has 110 valence electrons. The van der Waals surface area contributed by atoms with Gasteiger partial charge in [0.15, 0.2) is 6.10 Å². The zero-order valence-corrected chi connectivity index (χ0v) is 12.1. The van der Waals surface area contributed by atoms with Crippen LogP contribution in [0.2, 0.25) is 5.02 Å². The van der Waals surface area contributed by atoms with Gasteiger partial charge >= 0.3 is 5.97 Å². The van der Waals surface area contributed by atoms with Crippen LogP contribution in [-0.4, -0.2) is 18.0 Å². The molecule has 0 spiro atoms. The smallest absolute Gasteiger partial charge is 0.338 e. The minimum atomic E-state index is -0.911. The zero-order chi connectivity index (χ0) is 15.2. The first-order valence-electron chi connectivity index (χ1n) is 6.33. The first kappa shape index (κ1) is 15.1. The van der Waals surface area contributed by atoms with Gasteiger partial charge in [-0.05, 0) is 37.3 Å². The largest absolute Gasteiger partial charge is 0.467 e. The topological polar surface area (TPSA) is 68.5 Å². The van der Waals surface area contributed by atoms with E-state index in [-0.39, 0.29) is 6.54 Å². The van der Waals surface area contributed by atoms with E-state index in [1.807, 2.05) is 0 Å². The second-order valence-corrected chi connectivity index (χ2v) is 4.79. The molecule has 0 fully saturated rings. The molecule has 1 heterocycles. The summed E-state index contributed by atoms with van der Waals surface area (Å²) in [6.45, 7) is 1.74. The third kappa shape index (κ3) is 4.36. The molecule has 1 amide bonds. The lowest BCUT2D eigenvalue weighted by Crippen LogP contribution is -2.35. The average molecular weight is 308 g/mol. The SMILES string of the molecule is C[C@@H](OC(=O)c1cccc(Cl)c1)C(=O)NCc1ccco1. The summed E-state index contributed by atoms with van der Waals surface area (Å²) < 4.78 is 10.2. The van der Waals surface area contributed by atoms with Crippen LogP contribution in [0.4, 0.5) is 0 Å². The number of amides is 1. The molecular weight excluding hydrogens is 294 g/mol. The van der Waals surface area contributed by atoms with E-state index in [4.69, 9.17) is 20.8 Å². The maximum Gasteiger partial charge on any atom is 0.338 e. The predicted octanol–water partition coefficient (Wildman–Crippen LogP) is 2.79. The number of ether oxygens (including phenoxy) is 1. The van der Waals surface area contributed by atoms with Crippen molar-refractivity contribution in [3.05, 3.63) is 59.0 Å². The van der Waals surface area contributed by atoms with E-state index in [9.17, 15) is 9.59 Å².